The van der Waals surface area contributed by atoms with Crippen LogP contribution in [0, 0.1) is 34.6 Å². The number of hydrogen-bond donors (Lipinski definition) is 0. The van der Waals surface area contributed by atoms with Crippen LogP contribution in [0.3, 0.4) is 0 Å². The minimum Gasteiger partial charge on any atom is -0.311 e. The van der Waals surface area contributed by atoms with Crippen LogP contribution in [0.4, 0.5) is 17.1 Å². The zero-order valence-corrected chi connectivity index (χ0v) is 16.6. The van der Waals surface area contributed by atoms with E-state index < -0.39 is 0 Å². The summed E-state index contributed by atoms with van der Waals surface area (Å²) in [6.07, 6.45) is 0. The fourth-order valence-corrected chi connectivity index (χ4v) is 4.51. The first-order valence-electron chi connectivity index (χ1n) is 9.46. The number of anilines is 3. The lowest BCUT2D eigenvalue weighted by Gasteiger charge is -2.38. The van der Waals surface area contributed by atoms with E-state index in [1.54, 1.807) is 0 Å². The molecule has 0 bridgehead atoms. The summed E-state index contributed by atoms with van der Waals surface area (Å²) in [4.78, 5) is 2.48. The molecule has 0 radical (unpaired) electrons. The van der Waals surface area contributed by atoms with Gasteiger partial charge in [-0.15, -0.1) is 0 Å². The summed E-state index contributed by atoms with van der Waals surface area (Å²) in [5, 5.41) is 0. The number of benzene rings is 3. The normalized spacial score (nSPS) is 12.8. The topological polar surface area (TPSA) is 3.24 Å². The van der Waals surface area contributed by atoms with Gasteiger partial charge >= 0.3 is 0 Å². The van der Waals surface area contributed by atoms with Crippen LogP contribution >= 0.6 is 0 Å². The van der Waals surface area contributed by atoms with Gasteiger partial charge in [0.05, 0.1) is 5.69 Å². The molecule has 0 aliphatic carbocycles. The molecule has 1 heterocycles. The van der Waals surface area contributed by atoms with Gasteiger partial charge in [-0.05, 0) is 57.9 Å². The molecule has 0 fully saturated rings. The van der Waals surface area contributed by atoms with E-state index in [0.717, 1.165) is 0 Å². The molecule has 0 unspecified atom stereocenters. The second kappa shape index (κ2) is 6.05. The Bertz CT molecular complexity index is 942. The molecule has 130 valence electrons. The fraction of sp³-hybridized carbons (Fsp3) is 0.250. The smallest absolute Gasteiger partial charge is 0.211 e. The second-order valence-corrected chi connectivity index (χ2v) is 7.93. The number of fused-ring (bicyclic) bond motifs is 2. The highest BCUT2D eigenvalue weighted by Gasteiger charge is 2.32. The Morgan fingerprint density at radius 3 is 1.54 bits per heavy atom. The van der Waals surface area contributed by atoms with Gasteiger partial charge in [0.1, 0.15) is 0 Å². The lowest BCUT2D eigenvalue weighted by atomic mass is 9.40. The van der Waals surface area contributed by atoms with Crippen molar-refractivity contribution in [3.05, 3.63) is 76.3 Å². The van der Waals surface area contributed by atoms with Crippen molar-refractivity contribution in [2.24, 2.45) is 0 Å². The highest BCUT2D eigenvalue weighted by molar-refractivity contribution is 6.87. The molecule has 26 heavy (non-hydrogen) atoms. The molecule has 2 heteroatoms. The Balaban J connectivity index is 2.06. The summed E-state index contributed by atoms with van der Waals surface area (Å²) < 4.78 is 0. The Kier molecular flexibility index (Phi) is 3.95. The molecule has 0 saturated heterocycles. The van der Waals surface area contributed by atoms with E-state index >= 15 is 0 Å². The zero-order chi connectivity index (χ0) is 18.6. The summed E-state index contributed by atoms with van der Waals surface area (Å²) >= 11 is 0. The monoisotopic (exact) mass is 339 g/mol. The van der Waals surface area contributed by atoms with Gasteiger partial charge in [-0.2, -0.15) is 0 Å². The standard InChI is InChI=1S/C24H26BN/c1-15-7-9-22-20(13-15)25(6)21-14-16(2)8-10-23(21)26(22)24-18(4)11-17(3)12-19(24)5/h7-14H,1-6H3. The highest BCUT2D eigenvalue weighted by Crippen LogP contribution is 2.40. The largest absolute Gasteiger partial charge is 0.311 e. The minimum absolute atomic E-state index is 0.405. The van der Waals surface area contributed by atoms with E-state index in [1.165, 1.54) is 55.8 Å². The summed E-state index contributed by atoms with van der Waals surface area (Å²) in [7, 11) is 0. The molecule has 3 aromatic carbocycles. The summed E-state index contributed by atoms with van der Waals surface area (Å²) in [5.41, 5.74) is 13.4. The van der Waals surface area contributed by atoms with E-state index in [9.17, 15) is 0 Å². The summed E-state index contributed by atoms with van der Waals surface area (Å²) in [6.45, 7) is 13.8. The van der Waals surface area contributed by atoms with Gasteiger partial charge in [-0.25, -0.2) is 0 Å². The van der Waals surface area contributed by atoms with Crippen LogP contribution in [0.25, 0.3) is 0 Å². The minimum atomic E-state index is 0.405. The Labute approximate surface area is 157 Å². The summed E-state index contributed by atoms with van der Waals surface area (Å²) in [6, 6.07) is 18.4. The van der Waals surface area contributed by atoms with E-state index in [-0.39, 0.29) is 0 Å². The van der Waals surface area contributed by atoms with Crippen LogP contribution in [0.5, 0.6) is 0 Å². The van der Waals surface area contributed by atoms with Crippen LogP contribution in [0.15, 0.2) is 48.5 Å². The van der Waals surface area contributed by atoms with Crippen LogP contribution < -0.4 is 15.8 Å². The number of rotatable bonds is 1. The first kappa shape index (κ1) is 17.0. The van der Waals surface area contributed by atoms with Crippen molar-refractivity contribution in [1.29, 1.82) is 0 Å². The lowest BCUT2D eigenvalue weighted by Crippen LogP contribution is -2.48. The molecular weight excluding hydrogens is 313 g/mol. The van der Waals surface area contributed by atoms with Gasteiger partial charge in [0, 0.05) is 11.4 Å². The first-order valence-corrected chi connectivity index (χ1v) is 9.46. The Hall–Kier alpha value is -2.48. The average Bonchev–Trinajstić information content (AvgIpc) is 2.57. The fourth-order valence-electron chi connectivity index (χ4n) is 4.51. The average molecular weight is 339 g/mol. The van der Waals surface area contributed by atoms with E-state index in [4.69, 9.17) is 0 Å². The molecule has 4 rings (SSSR count). The molecule has 0 aromatic heterocycles. The maximum Gasteiger partial charge on any atom is 0.211 e. The van der Waals surface area contributed by atoms with Gasteiger partial charge in [-0.1, -0.05) is 70.8 Å². The van der Waals surface area contributed by atoms with E-state index in [2.05, 4.69) is 94.9 Å². The first-order chi connectivity index (χ1) is 12.4. The molecule has 0 atom stereocenters. The third kappa shape index (κ3) is 2.56. The van der Waals surface area contributed by atoms with Crippen molar-refractivity contribution >= 4 is 34.7 Å². The predicted molar refractivity (Wildman–Crippen MR) is 116 cm³/mol. The molecule has 3 aromatic rings. The molecule has 1 aliphatic rings. The Morgan fingerprint density at radius 2 is 1.08 bits per heavy atom. The summed E-state index contributed by atoms with van der Waals surface area (Å²) in [5.74, 6) is 0. The lowest BCUT2D eigenvalue weighted by molar-refractivity contribution is 1.20. The van der Waals surface area contributed by atoms with Crippen LogP contribution in [0.2, 0.25) is 6.82 Å². The molecule has 0 N–H and O–H groups in total. The molecule has 0 amide bonds. The number of hydrogen-bond acceptors (Lipinski definition) is 1. The molecule has 0 spiro atoms. The van der Waals surface area contributed by atoms with E-state index in [1.807, 2.05) is 0 Å². The Morgan fingerprint density at radius 1 is 0.615 bits per heavy atom. The van der Waals surface area contributed by atoms with Crippen molar-refractivity contribution in [2.75, 3.05) is 4.90 Å². The quantitative estimate of drug-likeness (QED) is 0.547. The number of nitrogens with zero attached hydrogens (tertiary/aromatic N) is 1. The van der Waals surface area contributed by atoms with Gasteiger partial charge in [0.2, 0.25) is 6.71 Å². The SMILES string of the molecule is CB1c2cc(C)ccc2N(c2c(C)cc(C)cc2C)c2ccc(C)cc21. The maximum absolute atomic E-state index is 2.48. The van der Waals surface area contributed by atoms with Gasteiger partial charge < -0.3 is 4.90 Å². The van der Waals surface area contributed by atoms with Crippen LogP contribution in [-0.2, 0) is 0 Å². The molecule has 0 saturated carbocycles. The molecule has 1 nitrogen and oxygen atoms in total. The second-order valence-electron chi connectivity index (χ2n) is 7.93. The van der Waals surface area contributed by atoms with Crippen LogP contribution in [0.1, 0.15) is 27.8 Å². The maximum atomic E-state index is 2.48. The third-order valence-corrected chi connectivity index (χ3v) is 5.64. The molecular formula is C24H26BN. The van der Waals surface area contributed by atoms with Gasteiger partial charge in [0.15, 0.2) is 0 Å². The van der Waals surface area contributed by atoms with Crippen molar-refractivity contribution in [3.8, 4) is 0 Å². The van der Waals surface area contributed by atoms with Crippen molar-refractivity contribution in [1.82, 2.24) is 0 Å². The third-order valence-electron chi connectivity index (χ3n) is 5.64. The van der Waals surface area contributed by atoms with Crippen molar-refractivity contribution in [3.63, 3.8) is 0 Å². The predicted octanol–water partition coefficient (Wildman–Crippen LogP) is 5.25. The van der Waals surface area contributed by atoms with Crippen LogP contribution in [-0.4, -0.2) is 6.71 Å². The number of aryl methyl sites for hydroxylation is 5. The molecule has 1 aliphatic heterocycles. The van der Waals surface area contributed by atoms with Crippen molar-refractivity contribution in [2.45, 2.75) is 41.4 Å². The van der Waals surface area contributed by atoms with Crippen molar-refractivity contribution < 1.29 is 0 Å². The zero-order valence-electron chi connectivity index (χ0n) is 16.6. The van der Waals surface area contributed by atoms with Gasteiger partial charge in [-0.3, -0.25) is 0 Å². The van der Waals surface area contributed by atoms with E-state index in [0.29, 0.717) is 6.71 Å². The van der Waals surface area contributed by atoms with Gasteiger partial charge in [0.25, 0.3) is 0 Å². The highest BCUT2D eigenvalue weighted by atomic mass is 15.2.